The Labute approximate surface area is 102 Å². The van der Waals surface area contributed by atoms with Crippen LogP contribution in [0.25, 0.3) is 0 Å². The third kappa shape index (κ3) is 2.42. The molecule has 0 unspecified atom stereocenters. The molecule has 2 rings (SSSR count). The van der Waals surface area contributed by atoms with Gasteiger partial charge in [-0.2, -0.15) is 0 Å². The lowest BCUT2D eigenvalue weighted by Gasteiger charge is -2.28. The third-order valence-corrected chi connectivity index (χ3v) is 3.24. The first-order chi connectivity index (χ1) is 8.24. The summed E-state index contributed by atoms with van der Waals surface area (Å²) >= 11 is 0. The van der Waals surface area contributed by atoms with E-state index in [4.69, 9.17) is 0 Å². The van der Waals surface area contributed by atoms with Crippen LogP contribution in [0, 0.1) is 6.92 Å². The number of benzene rings is 1. The predicted molar refractivity (Wildman–Crippen MR) is 69.5 cm³/mol. The van der Waals surface area contributed by atoms with Crippen LogP contribution >= 0.6 is 0 Å². The van der Waals surface area contributed by atoms with Gasteiger partial charge in [0.2, 0.25) is 0 Å². The number of anilines is 1. The molecule has 2 N–H and O–H groups in total. The second-order valence-corrected chi connectivity index (χ2v) is 4.27. The molecule has 0 radical (unpaired) electrons. The molecule has 0 bridgehead atoms. The minimum atomic E-state index is 0.140. The van der Waals surface area contributed by atoms with Gasteiger partial charge >= 0.3 is 0 Å². The van der Waals surface area contributed by atoms with E-state index in [2.05, 4.69) is 10.6 Å². The lowest BCUT2D eigenvalue weighted by Crippen LogP contribution is -2.46. The number of nitrogens with zero attached hydrogens (tertiary/aromatic N) is 1. The standard InChI is InChI=1S/C13H19N3O/c1-10-11(4-3-5-12(10)14-2)13(17)16-8-6-15-7-9-16/h3-5,14-15H,6-9H2,1-2H3. The number of carbonyl (C=O) groups excluding carboxylic acids is 1. The molecule has 1 aromatic carbocycles. The summed E-state index contributed by atoms with van der Waals surface area (Å²) in [5.41, 5.74) is 2.85. The average molecular weight is 233 g/mol. The minimum absolute atomic E-state index is 0.140. The summed E-state index contributed by atoms with van der Waals surface area (Å²) in [5.74, 6) is 0.140. The Kier molecular flexibility index (Phi) is 3.64. The molecule has 1 heterocycles. The zero-order chi connectivity index (χ0) is 12.3. The molecule has 0 aliphatic carbocycles. The second kappa shape index (κ2) is 5.19. The summed E-state index contributed by atoms with van der Waals surface area (Å²) in [6.45, 7) is 5.35. The molecule has 0 aromatic heterocycles. The summed E-state index contributed by atoms with van der Waals surface area (Å²) in [7, 11) is 1.88. The van der Waals surface area contributed by atoms with Crippen LogP contribution in [0.3, 0.4) is 0 Å². The number of rotatable bonds is 2. The first-order valence-electron chi connectivity index (χ1n) is 6.01. The van der Waals surface area contributed by atoms with E-state index in [-0.39, 0.29) is 5.91 Å². The van der Waals surface area contributed by atoms with Gasteiger partial charge in [-0.1, -0.05) is 6.07 Å². The molecule has 1 aliphatic rings. The summed E-state index contributed by atoms with van der Waals surface area (Å²) in [6, 6.07) is 5.82. The van der Waals surface area contributed by atoms with E-state index < -0.39 is 0 Å². The third-order valence-electron chi connectivity index (χ3n) is 3.24. The van der Waals surface area contributed by atoms with Crippen LogP contribution < -0.4 is 10.6 Å². The lowest BCUT2D eigenvalue weighted by molar-refractivity contribution is 0.0735. The van der Waals surface area contributed by atoms with Crippen molar-refractivity contribution in [2.75, 3.05) is 38.5 Å². The molecular weight excluding hydrogens is 214 g/mol. The molecule has 1 fully saturated rings. The summed E-state index contributed by atoms with van der Waals surface area (Å²) < 4.78 is 0. The zero-order valence-corrected chi connectivity index (χ0v) is 10.4. The highest BCUT2D eigenvalue weighted by Crippen LogP contribution is 2.19. The van der Waals surface area contributed by atoms with Gasteiger partial charge in [0.25, 0.3) is 5.91 Å². The molecule has 92 valence electrons. The smallest absolute Gasteiger partial charge is 0.254 e. The Morgan fingerprint density at radius 1 is 1.35 bits per heavy atom. The lowest BCUT2D eigenvalue weighted by atomic mass is 10.1. The molecule has 1 aliphatic heterocycles. The maximum atomic E-state index is 12.4. The summed E-state index contributed by atoms with van der Waals surface area (Å²) in [6.07, 6.45) is 0. The number of amides is 1. The van der Waals surface area contributed by atoms with Crippen molar-refractivity contribution in [3.8, 4) is 0 Å². The SMILES string of the molecule is CNc1cccc(C(=O)N2CCNCC2)c1C. The fourth-order valence-corrected chi connectivity index (χ4v) is 2.18. The van der Waals surface area contributed by atoms with Crippen LogP contribution in [0.1, 0.15) is 15.9 Å². The summed E-state index contributed by atoms with van der Waals surface area (Å²) in [4.78, 5) is 14.3. The summed E-state index contributed by atoms with van der Waals surface area (Å²) in [5, 5.41) is 6.36. The zero-order valence-electron chi connectivity index (χ0n) is 10.4. The van der Waals surface area contributed by atoms with Gasteiger partial charge in [0.15, 0.2) is 0 Å². The average Bonchev–Trinajstić information content (AvgIpc) is 2.39. The highest BCUT2D eigenvalue weighted by atomic mass is 16.2. The van der Waals surface area contributed by atoms with Crippen molar-refractivity contribution >= 4 is 11.6 Å². The molecule has 0 atom stereocenters. The Morgan fingerprint density at radius 2 is 2.06 bits per heavy atom. The van der Waals surface area contributed by atoms with Crippen LogP contribution in [0.5, 0.6) is 0 Å². The first kappa shape index (κ1) is 11.9. The molecule has 0 spiro atoms. The van der Waals surface area contributed by atoms with Crippen molar-refractivity contribution in [3.05, 3.63) is 29.3 Å². The van der Waals surface area contributed by atoms with Gasteiger partial charge in [0.1, 0.15) is 0 Å². The first-order valence-corrected chi connectivity index (χ1v) is 6.01. The van der Waals surface area contributed by atoms with Crippen molar-refractivity contribution in [1.82, 2.24) is 10.2 Å². The molecule has 1 amide bonds. The monoisotopic (exact) mass is 233 g/mol. The van der Waals surface area contributed by atoms with E-state index in [1.807, 2.05) is 37.1 Å². The highest BCUT2D eigenvalue weighted by molar-refractivity contribution is 5.97. The molecule has 4 heteroatoms. The van der Waals surface area contributed by atoms with Crippen LogP contribution in [0.2, 0.25) is 0 Å². The quantitative estimate of drug-likeness (QED) is 0.803. The van der Waals surface area contributed by atoms with Gasteiger partial charge in [0, 0.05) is 44.5 Å². The van der Waals surface area contributed by atoms with Gasteiger partial charge in [-0.15, -0.1) is 0 Å². The maximum absolute atomic E-state index is 12.4. The largest absolute Gasteiger partial charge is 0.388 e. The molecule has 0 saturated carbocycles. The van der Waals surface area contributed by atoms with E-state index in [9.17, 15) is 4.79 Å². The Bertz CT molecular complexity index is 411. The van der Waals surface area contributed by atoms with E-state index in [0.29, 0.717) is 0 Å². The van der Waals surface area contributed by atoms with Crippen molar-refractivity contribution in [3.63, 3.8) is 0 Å². The van der Waals surface area contributed by atoms with Crippen molar-refractivity contribution < 1.29 is 4.79 Å². The topological polar surface area (TPSA) is 44.4 Å². The number of carbonyl (C=O) groups is 1. The number of piperazine rings is 1. The Balaban J connectivity index is 2.23. The molecule has 17 heavy (non-hydrogen) atoms. The van der Waals surface area contributed by atoms with Gasteiger partial charge in [-0.3, -0.25) is 4.79 Å². The number of nitrogens with one attached hydrogen (secondary N) is 2. The van der Waals surface area contributed by atoms with E-state index in [1.54, 1.807) is 0 Å². The minimum Gasteiger partial charge on any atom is -0.388 e. The number of hydrogen-bond acceptors (Lipinski definition) is 3. The molecular formula is C13H19N3O. The van der Waals surface area contributed by atoms with Crippen LogP contribution in [-0.2, 0) is 0 Å². The number of hydrogen-bond donors (Lipinski definition) is 2. The van der Waals surface area contributed by atoms with Crippen LogP contribution in [0.4, 0.5) is 5.69 Å². The van der Waals surface area contributed by atoms with Gasteiger partial charge in [0.05, 0.1) is 0 Å². The molecule has 1 saturated heterocycles. The van der Waals surface area contributed by atoms with E-state index >= 15 is 0 Å². The normalized spacial score (nSPS) is 15.8. The van der Waals surface area contributed by atoms with Gasteiger partial charge < -0.3 is 15.5 Å². The van der Waals surface area contributed by atoms with Crippen LogP contribution in [-0.4, -0.2) is 44.0 Å². The second-order valence-electron chi connectivity index (χ2n) is 4.27. The fraction of sp³-hybridized carbons (Fsp3) is 0.462. The van der Waals surface area contributed by atoms with Gasteiger partial charge in [-0.25, -0.2) is 0 Å². The van der Waals surface area contributed by atoms with E-state index in [0.717, 1.165) is 43.0 Å². The highest BCUT2D eigenvalue weighted by Gasteiger charge is 2.19. The van der Waals surface area contributed by atoms with Crippen LogP contribution in [0.15, 0.2) is 18.2 Å². The molecule has 4 nitrogen and oxygen atoms in total. The van der Waals surface area contributed by atoms with Crippen molar-refractivity contribution in [2.24, 2.45) is 0 Å². The van der Waals surface area contributed by atoms with Crippen molar-refractivity contribution in [2.45, 2.75) is 6.92 Å². The van der Waals surface area contributed by atoms with Crippen molar-refractivity contribution in [1.29, 1.82) is 0 Å². The molecule has 1 aromatic rings. The Morgan fingerprint density at radius 3 is 2.71 bits per heavy atom. The fourth-order valence-electron chi connectivity index (χ4n) is 2.18. The van der Waals surface area contributed by atoms with E-state index in [1.165, 1.54) is 0 Å². The van der Waals surface area contributed by atoms with Gasteiger partial charge in [-0.05, 0) is 24.6 Å². The Hall–Kier alpha value is -1.55. The maximum Gasteiger partial charge on any atom is 0.254 e. The predicted octanol–water partition coefficient (Wildman–Crippen LogP) is 1.08.